The first kappa shape index (κ1) is 24.5. The van der Waals surface area contributed by atoms with Crippen LogP contribution in [-0.2, 0) is 11.3 Å². The molecule has 0 saturated carbocycles. The molecule has 4 aliphatic rings. The number of carbonyl (C=O) groups is 1. The molecule has 37 heavy (non-hydrogen) atoms. The number of amides is 1. The zero-order valence-corrected chi connectivity index (χ0v) is 21.6. The maximum absolute atomic E-state index is 11.3. The Hall–Kier alpha value is -2.83. The van der Waals surface area contributed by atoms with Crippen molar-refractivity contribution >= 4 is 29.5 Å². The molecule has 11 nitrogen and oxygen atoms in total. The van der Waals surface area contributed by atoms with Crippen molar-refractivity contribution in [1.29, 1.82) is 0 Å². The smallest absolute Gasteiger partial charge is 0.404 e. The van der Waals surface area contributed by atoms with E-state index < -0.39 is 6.09 Å². The molecule has 3 saturated heterocycles. The van der Waals surface area contributed by atoms with E-state index in [0.717, 1.165) is 48.7 Å². The van der Waals surface area contributed by atoms with Crippen LogP contribution in [0.3, 0.4) is 0 Å². The van der Waals surface area contributed by atoms with Gasteiger partial charge in [-0.2, -0.15) is 0 Å². The highest BCUT2D eigenvalue weighted by atomic mass is 32.2. The van der Waals surface area contributed by atoms with E-state index >= 15 is 0 Å². The number of aromatic nitrogens is 3. The van der Waals surface area contributed by atoms with Crippen LogP contribution in [0, 0.1) is 5.41 Å². The van der Waals surface area contributed by atoms with Crippen molar-refractivity contribution in [3.05, 3.63) is 24.2 Å². The Morgan fingerprint density at radius 1 is 1.27 bits per heavy atom. The Bertz CT molecular complexity index is 1180. The van der Waals surface area contributed by atoms with Gasteiger partial charge in [0.15, 0.2) is 17.4 Å². The number of fused-ring (bicyclic) bond motifs is 3. The van der Waals surface area contributed by atoms with Crippen LogP contribution in [0.25, 0.3) is 0 Å². The van der Waals surface area contributed by atoms with Crippen molar-refractivity contribution < 1.29 is 24.5 Å². The number of pyridine rings is 1. The van der Waals surface area contributed by atoms with Crippen LogP contribution in [-0.4, -0.2) is 82.3 Å². The minimum atomic E-state index is -1.02. The number of nitrogens with one attached hydrogen (secondary N) is 1. The Balaban J connectivity index is 1.18. The predicted molar refractivity (Wildman–Crippen MR) is 136 cm³/mol. The second-order valence-corrected chi connectivity index (χ2v) is 11.4. The molecule has 12 heteroatoms. The lowest BCUT2D eigenvalue weighted by molar-refractivity contribution is 0.0970. The Morgan fingerprint density at radius 2 is 2.11 bits per heavy atom. The number of carboxylic acid groups (broad SMARTS) is 1. The number of nitrogens with zero attached hydrogens (tertiary/aromatic N) is 5. The molecule has 1 spiro atoms. The van der Waals surface area contributed by atoms with Gasteiger partial charge in [0.1, 0.15) is 17.3 Å². The Morgan fingerprint density at radius 3 is 2.89 bits per heavy atom. The van der Waals surface area contributed by atoms with Crippen molar-refractivity contribution in [3.8, 4) is 5.75 Å². The molecule has 3 atom stereocenters. The molecular weight excluding hydrogens is 496 g/mol. The van der Waals surface area contributed by atoms with Crippen LogP contribution < -0.4 is 19.9 Å². The Labute approximate surface area is 219 Å². The summed E-state index contributed by atoms with van der Waals surface area (Å²) in [6, 6.07) is 2.10. The molecule has 2 aromatic rings. The van der Waals surface area contributed by atoms with Gasteiger partial charge in [-0.05, 0) is 38.7 Å². The summed E-state index contributed by atoms with van der Waals surface area (Å²) in [5.41, 5.74) is 0.298. The van der Waals surface area contributed by atoms with Crippen LogP contribution >= 0.6 is 11.8 Å². The molecule has 6 heterocycles. The van der Waals surface area contributed by atoms with E-state index in [4.69, 9.17) is 19.4 Å². The van der Waals surface area contributed by atoms with E-state index in [9.17, 15) is 15.0 Å². The van der Waals surface area contributed by atoms with Gasteiger partial charge in [-0.1, -0.05) is 11.8 Å². The van der Waals surface area contributed by atoms with E-state index in [1.807, 2.05) is 19.2 Å². The van der Waals surface area contributed by atoms with Gasteiger partial charge in [0.05, 0.1) is 42.5 Å². The number of hydrogen-bond donors (Lipinski definition) is 3. The van der Waals surface area contributed by atoms with Gasteiger partial charge in [0.2, 0.25) is 0 Å². The third kappa shape index (κ3) is 4.44. The maximum atomic E-state index is 11.3. The minimum absolute atomic E-state index is 0.161. The molecule has 0 bridgehead atoms. The molecule has 6 rings (SSSR count). The van der Waals surface area contributed by atoms with E-state index in [1.54, 1.807) is 6.20 Å². The maximum Gasteiger partial charge on any atom is 0.404 e. The number of anilines is 2. The number of hydrogen-bond acceptors (Lipinski definition) is 10. The zero-order chi connectivity index (χ0) is 25.6. The van der Waals surface area contributed by atoms with Gasteiger partial charge >= 0.3 is 6.09 Å². The summed E-state index contributed by atoms with van der Waals surface area (Å²) < 4.78 is 12.0. The Kier molecular flexibility index (Phi) is 6.49. The highest BCUT2D eigenvalue weighted by molar-refractivity contribution is 7.99. The first-order valence-electron chi connectivity index (χ1n) is 12.9. The third-order valence-corrected chi connectivity index (χ3v) is 9.13. The fraction of sp³-hybridized carbons (Fsp3) is 0.600. The first-order chi connectivity index (χ1) is 18.0. The summed E-state index contributed by atoms with van der Waals surface area (Å²) in [6.07, 6.45) is 6.19. The molecule has 0 aliphatic carbocycles. The van der Waals surface area contributed by atoms with Crippen molar-refractivity contribution in [2.45, 2.75) is 67.3 Å². The number of ether oxygens (including phenoxy) is 2. The molecule has 0 unspecified atom stereocenters. The van der Waals surface area contributed by atoms with Gasteiger partial charge in [-0.3, -0.25) is 0 Å². The molecule has 198 valence electrons. The summed E-state index contributed by atoms with van der Waals surface area (Å²) in [7, 11) is 0. The summed E-state index contributed by atoms with van der Waals surface area (Å²) in [4.78, 5) is 30.8. The van der Waals surface area contributed by atoms with Crippen molar-refractivity contribution in [1.82, 2.24) is 20.3 Å². The van der Waals surface area contributed by atoms with Crippen LogP contribution in [0.4, 0.5) is 16.4 Å². The van der Waals surface area contributed by atoms with Crippen LogP contribution in [0.2, 0.25) is 0 Å². The second-order valence-electron chi connectivity index (χ2n) is 10.3. The lowest BCUT2D eigenvalue weighted by atomic mass is 9.73. The SMILES string of the molecule is C[C@@H]1OCC2(CCN(c3ncc(Sc4ccnc5c4OC[C@@H]4CCCN54)nc3CO)CC2)[C@@H]1NC(=O)O. The second kappa shape index (κ2) is 9.80. The molecular formula is C25H32N6O5S. The minimum Gasteiger partial charge on any atom is -0.486 e. The van der Waals surface area contributed by atoms with E-state index in [0.29, 0.717) is 48.9 Å². The van der Waals surface area contributed by atoms with Crippen molar-refractivity contribution in [2.75, 3.05) is 42.6 Å². The predicted octanol–water partition coefficient (Wildman–Crippen LogP) is 2.52. The molecule has 3 fully saturated rings. The zero-order valence-electron chi connectivity index (χ0n) is 20.8. The molecule has 4 aliphatic heterocycles. The number of piperidine rings is 1. The van der Waals surface area contributed by atoms with Crippen molar-refractivity contribution in [2.24, 2.45) is 5.41 Å². The summed E-state index contributed by atoms with van der Waals surface area (Å²) >= 11 is 1.47. The van der Waals surface area contributed by atoms with E-state index in [1.165, 1.54) is 11.8 Å². The summed E-state index contributed by atoms with van der Waals surface area (Å²) in [5.74, 6) is 2.36. The lowest BCUT2D eigenvalue weighted by Crippen LogP contribution is -2.54. The highest BCUT2D eigenvalue weighted by Crippen LogP contribution is 2.45. The fourth-order valence-corrected chi connectivity index (χ4v) is 7.11. The molecule has 0 radical (unpaired) electrons. The van der Waals surface area contributed by atoms with Gasteiger partial charge < -0.3 is 34.8 Å². The van der Waals surface area contributed by atoms with Crippen LogP contribution in [0.15, 0.2) is 28.4 Å². The molecule has 0 aromatic carbocycles. The van der Waals surface area contributed by atoms with Gasteiger partial charge in [-0.15, -0.1) is 0 Å². The van der Waals surface area contributed by atoms with Crippen molar-refractivity contribution in [3.63, 3.8) is 0 Å². The fourth-order valence-electron chi connectivity index (χ4n) is 6.25. The normalized spacial score (nSPS) is 26.1. The van der Waals surface area contributed by atoms with Gasteiger partial charge in [0.25, 0.3) is 0 Å². The van der Waals surface area contributed by atoms with Gasteiger partial charge in [-0.25, -0.2) is 19.7 Å². The standard InChI is InChI=1S/C25H32N6O5S/c1-15-21(29-24(33)34)25(14-36-15)5-9-30(10-6-25)22-17(12-32)28-19(11-27-22)37-18-4-7-26-23-20(18)35-13-16-3-2-8-31(16)23/h4,7,11,15-16,21,29,32H,2-3,5-6,8-10,12-14H2,1H3,(H,33,34)/t15-,16-,21+/m0/s1. The summed E-state index contributed by atoms with van der Waals surface area (Å²) in [5, 5.41) is 22.8. The van der Waals surface area contributed by atoms with Crippen LogP contribution in [0.1, 0.15) is 38.3 Å². The lowest BCUT2D eigenvalue weighted by Gasteiger charge is -2.42. The quantitative estimate of drug-likeness (QED) is 0.529. The third-order valence-electron chi connectivity index (χ3n) is 8.18. The topological polar surface area (TPSA) is 133 Å². The highest BCUT2D eigenvalue weighted by Gasteiger charge is 2.50. The van der Waals surface area contributed by atoms with E-state index in [2.05, 4.69) is 20.1 Å². The average molecular weight is 529 g/mol. The first-order valence-corrected chi connectivity index (χ1v) is 13.7. The van der Waals surface area contributed by atoms with Crippen LogP contribution in [0.5, 0.6) is 5.75 Å². The number of rotatable bonds is 5. The van der Waals surface area contributed by atoms with E-state index in [-0.39, 0.29) is 24.2 Å². The summed E-state index contributed by atoms with van der Waals surface area (Å²) in [6.45, 7) is 5.28. The monoisotopic (exact) mass is 528 g/mol. The molecule has 1 amide bonds. The molecule has 3 N–H and O–H groups in total. The molecule has 2 aromatic heterocycles. The number of aliphatic hydroxyl groups excluding tert-OH is 1. The van der Waals surface area contributed by atoms with Gasteiger partial charge in [0, 0.05) is 31.2 Å². The average Bonchev–Trinajstić information content (AvgIpc) is 3.50. The number of aliphatic hydroxyl groups is 1. The largest absolute Gasteiger partial charge is 0.486 e.